The Bertz CT molecular complexity index is 772. The van der Waals surface area contributed by atoms with Gasteiger partial charge in [-0.2, -0.15) is 0 Å². The number of rotatable bonds is 6. The van der Waals surface area contributed by atoms with Gasteiger partial charge in [0.2, 0.25) is 0 Å². The molecule has 0 radical (unpaired) electrons. The highest BCUT2D eigenvalue weighted by Gasteiger charge is 2.52. The summed E-state index contributed by atoms with van der Waals surface area (Å²) in [5.41, 5.74) is -0.418. The zero-order valence-corrected chi connectivity index (χ0v) is 17.1. The van der Waals surface area contributed by atoms with Crippen molar-refractivity contribution in [1.82, 2.24) is 10.2 Å². The van der Waals surface area contributed by atoms with Crippen LogP contribution in [0.3, 0.4) is 0 Å². The molecule has 0 aromatic heterocycles. The molecule has 2 saturated heterocycles. The first-order chi connectivity index (χ1) is 13.4. The van der Waals surface area contributed by atoms with Gasteiger partial charge >= 0.3 is 12.0 Å². The van der Waals surface area contributed by atoms with Crippen molar-refractivity contribution >= 4 is 29.5 Å². The minimum absolute atomic E-state index is 0.187. The van der Waals surface area contributed by atoms with Gasteiger partial charge < -0.3 is 15.0 Å². The van der Waals surface area contributed by atoms with Crippen LogP contribution < -0.4 is 10.2 Å². The number of ether oxygens (including phenoxy) is 1. The number of nitrogens with zero attached hydrogens (tertiary/aromatic N) is 1. The Morgan fingerprint density at radius 3 is 2.86 bits per heavy atom. The molecular formula is C20H27ClN3O4+. The quantitative estimate of drug-likeness (QED) is 0.549. The molecule has 3 atom stereocenters. The highest BCUT2D eigenvalue weighted by molar-refractivity contribution is 6.30. The first-order valence-electron chi connectivity index (χ1n) is 9.81. The van der Waals surface area contributed by atoms with Crippen LogP contribution >= 0.6 is 11.6 Å². The number of quaternary nitrogens is 1. The molecule has 1 unspecified atom stereocenters. The number of benzene rings is 1. The van der Waals surface area contributed by atoms with Crippen molar-refractivity contribution in [2.45, 2.75) is 38.6 Å². The first kappa shape index (κ1) is 20.6. The maximum absolute atomic E-state index is 13.3. The van der Waals surface area contributed by atoms with Crippen LogP contribution in [0.2, 0.25) is 5.02 Å². The van der Waals surface area contributed by atoms with E-state index in [9.17, 15) is 14.4 Å². The summed E-state index contributed by atoms with van der Waals surface area (Å²) in [6.45, 7) is 5.63. The van der Waals surface area contributed by atoms with E-state index >= 15 is 0 Å². The van der Waals surface area contributed by atoms with Crippen LogP contribution in [0, 0.1) is 5.92 Å². The molecule has 2 fully saturated rings. The van der Waals surface area contributed by atoms with E-state index in [-0.39, 0.29) is 24.5 Å². The van der Waals surface area contributed by atoms with Crippen LogP contribution in [0.1, 0.15) is 38.7 Å². The van der Waals surface area contributed by atoms with E-state index < -0.39 is 11.6 Å². The van der Waals surface area contributed by atoms with E-state index in [1.807, 2.05) is 13.0 Å². The second-order valence-electron chi connectivity index (χ2n) is 7.39. The second-order valence-corrected chi connectivity index (χ2v) is 7.82. The summed E-state index contributed by atoms with van der Waals surface area (Å²) in [6, 6.07) is 6.63. The Labute approximate surface area is 169 Å². The summed E-state index contributed by atoms with van der Waals surface area (Å²) < 4.78 is 5.14. The lowest BCUT2D eigenvalue weighted by Gasteiger charge is -2.31. The molecule has 2 aliphatic heterocycles. The zero-order valence-electron chi connectivity index (χ0n) is 16.3. The fraction of sp³-hybridized carbons (Fsp3) is 0.550. The third kappa shape index (κ3) is 3.86. The minimum atomic E-state index is -1.10. The van der Waals surface area contributed by atoms with Gasteiger partial charge in [0.15, 0.2) is 6.67 Å². The molecule has 2 aliphatic rings. The largest absolute Gasteiger partial charge is 0.466 e. The number of carbonyl (C=O) groups is 3. The van der Waals surface area contributed by atoms with Crippen LogP contribution in [0.5, 0.6) is 0 Å². The maximum atomic E-state index is 13.3. The van der Waals surface area contributed by atoms with Gasteiger partial charge in [0.25, 0.3) is 5.91 Å². The van der Waals surface area contributed by atoms with E-state index in [0.29, 0.717) is 30.2 Å². The number of imide groups is 1. The smallest absolute Gasteiger partial charge is 0.329 e. The topological polar surface area (TPSA) is 80.2 Å². The maximum Gasteiger partial charge on any atom is 0.329 e. The molecular weight excluding hydrogens is 382 g/mol. The molecule has 2 N–H and O–H groups in total. The lowest BCUT2D eigenvalue weighted by Crippen LogP contribution is -3.15. The Kier molecular flexibility index (Phi) is 6.25. The Morgan fingerprint density at radius 2 is 2.18 bits per heavy atom. The lowest BCUT2D eigenvalue weighted by molar-refractivity contribution is -0.914. The number of nitrogens with one attached hydrogen (secondary N) is 2. The first-order valence-corrected chi connectivity index (χ1v) is 10.2. The number of esters is 1. The molecule has 0 saturated carbocycles. The van der Waals surface area contributed by atoms with E-state index in [2.05, 4.69) is 5.32 Å². The van der Waals surface area contributed by atoms with Crippen molar-refractivity contribution < 1.29 is 24.0 Å². The van der Waals surface area contributed by atoms with Gasteiger partial charge in [0.05, 0.1) is 19.7 Å². The molecule has 8 heteroatoms. The second kappa shape index (κ2) is 8.49. The molecule has 3 amide bonds. The zero-order chi connectivity index (χ0) is 20.3. The number of hydrogen-bond donors (Lipinski definition) is 2. The summed E-state index contributed by atoms with van der Waals surface area (Å²) in [6.07, 6.45) is 2.06. The van der Waals surface area contributed by atoms with Crippen LogP contribution in [0.4, 0.5) is 4.79 Å². The monoisotopic (exact) mass is 408 g/mol. The van der Waals surface area contributed by atoms with E-state index in [0.717, 1.165) is 24.3 Å². The van der Waals surface area contributed by atoms with Gasteiger partial charge in [0, 0.05) is 5.02 Å². The number of carbonyl (C=O) groups excluding carboxylic acids is 3. The van der Waals surface area contributed by atoms with Crippen molar-refractivity contribution in [1.29, 1.82) is 0 Å². The van der Waals surface area contributed by atoms with Gasteiger partial charge in [-0.15, -0.1) is 0 Å². The highest BCUT2D eigenvalue weighted by Crippen LogP contribution is 2.33. The van der Waals surface area contributed by atoms with Gasteiger partial charge in [-0.3, -0.25) is 9.59 Å². The minimum Gasteiger partial charge on any atom is -0.466 e. The average Bonchev–Trinajstić information content (AvgIpc) is 2.93. The molecule has 3 rings (SSSR count). The Hall–Kier alpha value is -2.12. The molecule has 28 heavy (non-hydrogen) atoms. The third-order valence-corrected chi connectivity index (χ3v) is 5.88. The Morgan fingerprint density at radius 1 is 1.39 bits per heavy atom. The van der Waals surface area contributed by atoms with Crippen LogP contribution in [-0.2, 0) is 19.9 Å². The summed E-state index contributed by atoms with van der Waals surface area (Å²) in [7, 11) is 0. The number of halogens is 1. The Balaban J connectivity index is 1.75. The highest BCUT2D eigenvalue weighted by atomic mass is 35.5. The summed E-state index contributed by atoms with van der Waals surface area (Å²) in [5.74, 6) is -0.653. The summed E-state index contributed by atoms with van der Waals surface area (Å²) in [4.78, 5) is 40.3. The molecule has 7 nitrogen and oxygen atoms in total. The van der Waals surface area contributed by atoms with Gasteiger partial charge in [-0.25, -0.2) is 9.69 Å². The van der Waals surface area contributed by atoms with Crippen LogP contribution in [0.15, 0.2) is 24.3 Å². The van der Waals surface area contributed by atoms with Gasteiger partial charge in [0.1, 0.15) is 11.5 Å². The van der Waals surface area contributed by atoms with Crippen molar-refractivity contribution in [3.63, 3.8) is 0 Å². The molecule has 0 spiro atoms. The predicted molar refractivity (Wildman–Crippen MR) is 104 cm³/mol. The standard InChI is InChI=1S/C20H26ClN3O4/c1-3-20(15-8-5-9-16(21)11-15)18(26)24(19(27)22-20)13-23-10-6-7-14(12-23)17(25)28-4-2/h5,8-9,11,14H,3-4,6-7,10,12-13H2,1-2H3,(H,22,27)/p+1/t14-,20+/m0/s1. The molecule has 1 aromatic carbocycles. The molecule has 1 aromatic rings. The van der Waals surface area contributed by atoms with Crippen molar-refractivity contribution in [3.05, 3.63) is 34.9 Å². The number of amides is 3. The fourth-order valence-corrected chi connectivity index (χ4v) is 4.33. The van der Waals surface area contributed by atoms with Crippen LogP contribution in [-0.4, -0.2) is 49.2 Å². The average molecular weight is 409 g/mol. The van der Waals surface area contributed by atoms with Crippen molar-refractivity contribution in [2.24, 2.45) is 5.92 Å². The normalized spacial score (nSPS) is 27.6. The van der Waals surface area contributed by atoms with Crippen LogP contribution in [0.25, 0.3) is 0 Å². The number of piperidine rings is 1. The number of hydrogen-bond acceptors (Lipinski definition) is 4. The molecule has 0 aliphatic carbocycles. The number of likely N-dealkylation sites (tertiary alicyclic amines) is 1. The lowest BCUT2D eigenvalue weighted by atomic mass is 9.87. The van der Waals surface area contributed by atoms with Gasteiger partial charge in [-0.05, 0) is 43.9 Å². The summed E-state index contributed by atoms with van der Waals surface area (Å²) in [5, 5.41) is 3.40. The fourth-order valence-electron chi connectivity index (χ4n) is 4.14. The predicted octanol–water partition coefficient (Wildman–Crippen LogP) is 1.31. The third-order valence-electron chi connectivity index (χ3n) is 5.64. The molecule has 152 valence electrons. The summed E-state index contributed by atoms with van der Waals surface area (Å²) >= 11 is 6.10. The van der Waals surface area contributed by atoms with Crippen molar-refractivity contribution in [3.8, 4) is 0 Å². The van der Waals surface area contributed by atoms with E-state index in [4.69, 9.17) is 16.3 Å². The molecule has 0 bridgehead atoms. The van der Waals surface area contributed by atoms with E-state index in [1.54, 1.807) is 25.1 Å². The van der Waals surface area contributed by atoms with E-state index in [1.165, 1.54) is 4.90 Å². The molecule has 2 heterocycles. The van der Waals surface area contributed by atoms with Gasteiger partial charge in [-0.1, -0.05) is 30.7 Å². The SMILES string of the molecule is CCOC(=O)[C@H]1CCC[NH+](CN2C(=O)N[C@](CC)(c3cccc(Cl)c3)C2=O)C1. The van der Waals surface area contributed by atoms with Crippen molar-refractivity contribution in [2.75, 3.05) is 26.4 Å². The number of urea groups is 1.